The number of benzene rings is 2. The number of allylic oxidation sites excluding steroid dienone is 4. The molecular formula is C25H28O4. The first-order valence-electron chi connectivity index (χ1n) is 9.79. The zero-order valence-corrected chi connectivity index (χ0v) is 17.5. The normalized spacial score (nSPS) is 11.7. The van der Waals surface area contributed by atoms with Gasteiger partial charge in [-0.1, -0.05) is 29.4 Å². The van der Waals surface area contributed by atoms with E-state index in [-0.39, 0.29) is 11.5 Å². The lowest BCUT2D eigenvalue weighted by molar-refractivity contribution is 0.419. The molecule has 29 heavy (non-hydrogen) atoms. The van der Waals surface area contributed by atoms with Gasteiger partial charge in [-0.25, -0.2) is 0 Å². The van der Waals surface area contributed by atoms with Gasteiger partial charge >= 0.3 is 0 Å². The molecule has 0 radical (unpaired) electrons. The Morgan fingerprint density at radius 1 is 1.00 bits per heavy atom. The van der Waals surface area contributed by atoms with E-state index in [0.717, 1.165) is 41.5 Å². The van der Waals surface area contributed by atoms with Crippen molar-refractivity contribution in [2.75, 3.05) is 7.11 Å². The van der Waals surface area contributed by atoms with Crippen LogP contribution in [-0.4, -0.2) is 17.3 Å². The Kier molecular flexibility index (Phi) is 6.32. The minimum atomic E-state index is -0.0115. The summed E-state index contributed by atoms with van der Waals surface area (Å²) in [4.78, 5) is 0. The third kappa shape index (κ3) is 5.02. The molecule has 4 nitrogen and oxygen atoms in total. The lowest BCUT2D eigenvalue weighted by atomic mass is 10.0. The second-order valence-electron chi connectivity index (χ2n) is 7.59. The summed E-state index contributed by atoms with van der Waals surface area (Å²) in [6.07, 6.45) is 7.35. The molecular weight excluding hydrogens is 364 g/mol. The van der Waals surface area contributed by atoms with Gasteiger partial charge in [0.25, 0.3) is 0 Å². The Hall–Kier alpha value is -3.14. The number of rotatable bonds is 7. The van der Waals surface area contributed by atoms with Crippen LogP contribution in [0, 0.1) is 0 Å². The van der Waals surface area contributed by atoms with E-state index < -0.39 is 0 Å². The minimum Gasteiger partial charge on any atom is -0.508 e. The van der Waals surface area contributed by atoms with Crippen molar-refractivity contribution >= 4 is 11.0 Å². The summed E-state index contributed by atoms with van der Waals surface area (Å²) in [5.41, 5.74) is 5.13. The SMILES string of the molecule is COc1ccc(CC=C(C)CCC=C(C)C)c2oc(-c3cc(O)cc(O)c3)cc12. The minimum absolute atomic E-state index is 0.0115. The Morgan fingerprint density at radius 2 is 1.72 bits per heavy atom. The Balaban J connectivity index is 1.94. The van der Waals surface area contributed by atoms with E-state index in [4.69, 9.17) is 9.15 Å². The van der Waals surface area contributed by atoms with E-state index in [9.17, 15) is 10.2 Å². The Labute approximate surface area is 171 Å². The van der Waals surface area contributed by atoms with Crippen LogP contribution >= 0.6 is 0 Å². The molecule has 152 valence electrons. The molecule has 1 heterocycles. The van der Waals surface area contributed by atoms with Gasteiger partial charge in [-0.3, -0.25) is 0 Å². The fourth-order valence-electron chi connectivity index (χ4n) is 3.35. The maximum absolute atomic E-state index is 9.80. The summed E-state index contributed by atoms with van der Waals surface area (Å²) in [5, 5.41) is 20.5. The first kappa shape index (κ1) is 20.6. The number of hydrogen-bond acceptors (Lipinski definition) is 4. The van der Waals surface area contributed by atoms with Gasteiger partial charge in [0.15, 0.2) is 0 Å². The fourth-order valence-corrected chi connectivity index (χ4v) is 3.35. The molecule has 0 amide bonds. The molecule has 0 aliphatic heterocycles. The van der Waals surface area contributed by atoms with Crippen LogP contribution in [0.3, 0.4) is 0 Å². The van der Waals surface area contributed by atoms with Gasteiger partial charge in [-0.2, -0.15) is 0 Å². The second kappa shape index (κ2) is 8.91. The van der Waals surface area contributed by atoms with Crippen molar-refractivity contribution in [1.29, 1.82) is 0 Å². The quantitative estimate of drug-likeness (QED) is 0.436. The lowest BCUT2D eigenvalue weighted by Crippen LogP contribution is -1.88. The second-order valence-corrected chi connectivity index (χ2v) is 7.59. The molecule has 0 saturated carbocycles. The molecule has 0 bridgehead atoms. The molecule has 1 aromatic heterocycles. The van der Waals surface area contributed by atoms with E-state index in [1.54, 1.807) is 19.2 Å². The highest BCUT2D eigenvalue weighted by Gasteiger charge is 2.15. The van der Waals surface area contributed by atoms with Crippen molar-refractivity contribution in [3.8, 4) is 28.6 Å². The standard InChI is InChI=1S/C25H28O4/c1-16(2)6-5-7-17(3)8-9-18-10-11-23(28-4)22-15-24(29-25(18)22)19-12-20(26)14-21(27)13-19/h6,8,10-15,26-27H,5,7,9H2,1-4H3. The number of furan rings is 1. The highest BCUT2D eigenvalue weighted by atomic mass is 16.5. The summed E-state index contributed by atoms with van der Waals surface area (Å²) in [6.45, 7) is 6.39. The van der Waals surface area contributed by atoms with Crippen molar-refractivity contribution in [3.63, 3.8) is 0 Å². The molecule has 3 aromatic rings. The molecule has 4 heteroatoms. The maximum Gasteiger partial charge on any atom is 0.142 e. The Morgan fingerprint density at radius 3 is 2.38 bits per heavy atom. The average molecular weight is 392 g/mol. The summed E-state index contributed by atoms with van der Waals surface area (Å²) in [5.74, 6) is 1.28. The zero-order chi connectivity index (χ0) is 21.0. The lowest BCUT2D eigenvalue weighted by Gasteiger charge is -2.05. The first-order valence-corrected chi connectivity index (χ1v) is 9.79. The summed E-state index contributed by atoms with van der Waals surface area (Å²) in [6, 6.07) is 10.3. The number of ether oxygens (including phenoxy) is 1. The number of phenols is 2. The van der Waals surface area contributed by atoms with Crippen LogP contribution in [0.25, 0.3) is 22.3 Å². The molecule has 0 atom stereocenters. The van der Waals surface area contributed by atoms with Gasteiger partial charge < -0.3 is 19.4 Å². The molecule has 0 saturated heterocycles. The summed E-state index contributed by atoms with van der Waals surface area (Å²) in [7, 11) is 1.63. The highest BCUT2D eigenvalue weighted by Crippen LogP contribution is 2.37. The van der Waals surface area contributed by atoms with Crippen LogP contribution in [0.15, 0.2) is 64.1 Å². The molecule has 0 spiro atoms. The molecule has 0 unspecified atom stereocenters. The average Bonchev–Trinajstić information content (AvgIpc) is 3.10. The van der Waals surface area contributed by atoms with E-state index in [1.165, 1.54) is 17.2 Å². The van der Waals surface area contributed by atoms with Crippen LogP contribution in [0.2, 0.25) is 0 Å². The number of methoxy groups -OCH3 is 1. The van der Waals surface area contributed by atoms with Crippen LogP contribution < -0.4 is 4.74 Å². The van der Waals surface area contributed by atoms with Gasteiger partial charge in [0, 0.05) is 11.6 Å². The van der Waals surface area contributed by atoms with Gasteiger partial charge in [0.05, 0.1) is 12.5 Å². The maximum atomic E-state index is 9.80. The number of fused-ring (bicyclic) bond motifs is 1. The van der Waals surface area contributed by atoms with E-state index >= 15 is 0 Å². The molecule has 0 aliphatic rings. The highest BCUT2D eigenvalue weighted by molar-refractivity contribution is 5.91. The monoisotopic (exact) mass is 392 g/mol. The number of hydrogen-bond donors (Lipinski definition) is 2. The van der Waals surface area contributed by atoms with Crippen LogP contribution in [0.5, 0.6) is 17.2 Å². The number of aromatic hydroxyl groups is 2. The predicted molar refractivity (Wildman–Crippen MR) is 118 cm³/mol. The third-order valence-electron chi connectivity index (χ3n) is 4.89. The fraction of sp³-hybridized carbons (Fsp3) is 0.280. The van der Waals surface area contributed by atoms with Crippen molar-refractivity contribution in [3.05, 3.63) is 65.3 Å². The van der Waals surface area contributed by atoms with Crippen LogP contribution in [0.4, 0.5) is 0 Å². The molecule has 3 rings (SSSR count). The van der Waals surface area contributed by atoms with Gasteiger partial charge in [-0.15, -0.1) is 0 Å². The predicted octanol–water partition coefficient (Wildman–Crippen LogP) is 6.75. The first-order chi connectivity index (χ1) is 13.9. The van der Waals surface area contributed by atoms with Gasteiger partial charge in [0.2, 0.25) is 0 Å². The molecule has 2 N–H and O–H groups in total. The van der Waals surface area contributed by atoms with Gasteiger partial charge in [0.1, 0.15) is 28.6 Å². The van der Waals surface area contributed by atoms with E-state index in [0.29, 0.717) is 11.3 Å². The molecule has 0 aliphatic carbocycles. The molecule has 2 aromatic carbocycles. The zero-order valence-electron chi connectivity index (χ0n) is 17.5. The summed E-state index contributed by atoms with van der Waals surface area (Å²) < 4.78 is 11.6. The largest absolute Gasteiger partial charge is 0.508 e. The molecule has 0 fully saturated rings. The smallest absolute Gasteiger partial charge is 0.142 e. The van der Waals surface area contributed by atoms with Crippen LogP contribution in [-0.2, 0) is 6.42 Å². The van der Waals surface area contributed by atoms with Crippen molar-refractivity contribution in [2.45, 2.75) is 40.0 Å². The van der Waals surface area contributed by atoms with Crippen molar-refractivity contribution < 1.29 is 19.4 Å². The van der Waals surface area contributed by atoms with E-state index in [1.807, 2.05) is 18.2 Å². The van der Waals surface area contributed by atoms with E-state index in [2.05, 4.69) is 32.9 Å². The third-order valence-corrected chi connectivity index (χ3v) is 4.89. The number of phenolic OH excluding ortho intramolecular Hbond substituents is 2. The van der Waals surface area contributed by atoms with Crippen LogP contribution in [0.1, 0.15) is 39.2 Å². The topological polar surface area (TPSA) is 62.8 Å². The van der Waals surface area contributed by atoms with Crippen molar-refractivity contribution in [2.24, 2.45) is 0 Å². The summed E-state index contributed by atoms with van der Waals surface area (Å²) >= 11 is 0. The van der Waals surface area contributed by atoms with Gasteiger partial charge in [-0.05, 0) is 69.9 Å². The Bertz CT molecular complexity index is 1050. The van der Waals surface area contributed by atoms with Crippen molar-refractivity contribution in [1.82, 2.24) is 0 Å².